The Morgan fingerprint density at radius 1 is 1.17 bits per heavy atom. The van der Waals surface area contributed by atoms with Crippen molar-refractivity contribution in [2.75, 3.05) is 19.6 Å². The molecule has 5 nitrogen and oxygen atoms in total. The van der Waals surface area contributed by atoms with Gasteiger partial charge in [0.15, 0.2) is 5.96 Å². The molecule has 1 rings (SSSR count). The molecule has 0 aliphatic rings. The lowest BCUT2D eigenvalue weighted by Crippen LogP contribution is -2.39. The van der Waals surface area contributed by atoms with Crippen molar-refractivity contribution in [1.29, 1.82) is 0 Å². The minimum atomic E-state index is 0. The van der Waals surface area contributed by atoms with Crippen molar-refractivity contribution >= 4 is 35.8 Å². The topological polar surface area (TPSA) is 65.5 Å². The Hall–Kier alpha value is -1.31. The van der Waals surface area contributed by atoms with Crippen LogP contribution in [0.4, 0.5) is 0 Å². The number of hydrogen-bond acceptors (Lipinski definition) is 2. The highest BCUT2D eigenvalue weighted by Gasteiger charge is 2.07. The summed E-state index contributed by atoms with van der Waals surface area (Å²) < 4.78 is 0. The molecule has 3 N–H and O–H groups in total. The summed E-state index contributed by atoms with van der Waals surface area (Å²) in [6.45, 7) is 8.15. The van der Waals surface area contributed by atoms with E-state index in [0.29, 0.717) is 13.0 Å². The van der Waals surface area contributed by atoms with Crippen LogP contribution in [0.1, 0.15) is 45.2 Å². The molecule has 6 heteroatoms. The fraction of sp³-hybridized carbons (Fsp3) is 0.529. The highest BCUT2D eigenvalue weighted by Crippen LogP contribution is 2.10. The van der Waals surface area contributed by atoms with Crippen molar-refractivity contribution in [1.82, 2.24) is 16.0 Å². The molecule has 0 bridgehead atoms. The van der Waals surface area contributed by atoms with E-state index in [2.05, 4.69) is 40.0 Å². The average molecular weight is 432 g/mol. The fourth-order valence-electron chi connectivity index (χ4n) is 1.97. The van der Waals surface area contributed by atoms with Gasteiger partial charge in [0.1, 0.15) is 0 Å². The third-order valence-corrected chi connectivity index (χ3v) is 3.18. The lowest BCUT2D eigenvalue weighted by Gasteiger charge is -2.18. The summed E-state index contributed by atoms with van der Waals surface area (Å²) >= 11 is 0. The van der Waals surface area contributed by atoms with Gasteiger partial charge in [0, 0.05) is 19.5 Å². The summed E-state index contributed by atoms with van der Waals surface area (Å²) in [4.78, 5) is 16.0. The summed E-state index contributed by atoms with van der Waals surface area (Å²) in [7, 11) is 0. The van der Waals surface area contributed by atoms with E-state index >= 15 is 0 Å². The second kappa shape index (κ2) is 13.2. The number of hydrogen-bond donors (Lipinski definition) is 3. The van der Waals surface area contributed by atoms with E-state index < -0.39 is 0 Å². The lowest BCUT2D eigenvalue weighted by molar-refractivity contribution is -0.120. The van der Waals surface area contributed by atoms with E-state index in [-0.39, 0.29) is 35.9 Å². The van der Waals surface area contributed by atoms with Crippen LogP contribution in [0, 0.1) is 0 Å². The largest absolute Gasteiger partial charge is 0.357 e. The molecule has 0 aliphatic carbocycles. The number of nitrogens with one attached hydrogen (secondary N) is 3. The zero-order valence-electron chi connectivity index (χ0n) is 14.3. The molecule has 0 saturated heterocycles. The molecule has 1 aromatic rings. The first-order valence-corrected chi connectivity index (χ1v) is 8.03. The Balaban J connectivity index is 0.00000484. The van der Waals surface area contributed by atoms with Gasteiger partial charge in [0.25, 0.3) is 0 Å². The van der Waals surface area contributed by atoms with Crippen LogP contribution in [-0.2, 0) is 4.79 Å². The molecule has 0 heterocycles. The molecule has 1 atom stereocenters. The van der Waals surface area contributed by atoms with Gasteiger partial charge in [-0.3, -0.25) is 9.79 Å². The summed E-state index contributed by atoms with van der Waals surface area (Å²) in [5.41, 5.74) is 1.20. The molecule has 0 saturated carbocycles. The van der Waals surface area contributed by atoms with Crippen molar-refractivity contribution in [2.24, 2.45) is 4.99 Å². The molecule has 0 spiro atoms. The van der Waals surface area contributed by atoms with Gasteiger partial charge in [-0.25, -0.2) is 0 Å². The van der Waals surface area contributed by atoms with E-state index in [1.165, 1.54) is 5.56 Å². The van der Waals surface area contributed by atoms with E-state index in [0.717, 1.165) is 25.5 Å². The smallest absolute Gasteiger partial charge is 0.221 e. The normalized spacial score (nSPS) is 12.0. The number of guanidine groups is 1. The van der Waals surface area contributed by atoms with Gasteiger partial charge in [0.05, 0.1) is 12.6 Å². The first kappa shape index (κ1) is 21.7. The van der Waals surface area contributed by atoms with Crippen LogP contribution >= 0.6 is 24.0 Å². The Morgan fingerprint density at radius 3 is 2.48 bits per heavy atom. The average Bonchev–Trinajstić information content (AvgIpc) is 2.53. The number of carbonyl (C=O) groups is 1. The molecule has 1 amide bonds. The lowest BCUT2D eigenvalue weighted by atomic mass is 10.1. The minimum absolute atomic E-state index is 0. The van der Waals surface area contributed by atoms with Crippen LogP contribution in [0.2, 0.25) is 0 Å². The summed E-state index contributed by atoms with van der Waals surface area (Å²) in [6, 6.07) is 10.4. The Labute approximate surface area is 156 Å². The van der Waals surface area contributed by atoms with Crippen LogP contribution in [0.5, 0.6) is 0 Å². The van der Waals surface area contributed by atoms with Crippen LogP contribution in [0.25, 0.3) is 0 Å². The number of benzene rings is 1. The predicted molar refractivity (Wildman–Crippen MR) is 107 cm³/mol. The van der Waals surface area contributed by atoms with Gasteiger partial charge >= 0.3 is 0 Å². The highest BCUT2D eigenvalue weighted by molar-refractivity contribution is 14.0. The molecule has 0 radical (unpaired) electrons. The molecule has 1 unspecified atom stereocenters. The maximum atomic E-state index is 11.6. The molecule has 0 fully saturated rings. The SMILES string of the molecule is CCCNC(=O)CCN=C(NCC)NC(C)c1ccccc1.I. The predicted octanol–water partition coefficient (Wildman–Crippen LogP) is 2.84. The van der Waals surface area contributed by atoms with Crippen molar-refractivity contribution in [3.8, 4) is 0 Å². The third kappa shape index (κ3) is 9.43. The van der Waals surface area contributed by atoms with Gasteiger partial charge in [-0.05, 0) is 25.8 Å². The van der Waals surface area contributed by atoms with Gasteiger partial charge in [0.2, 0.25) is 5.91 Å². The van der Waals surface area contributed by atoms with E-state index in [4.69, 9.17) is 0 Å². The molecular weight excluding hydrogens is 403 g/mol. The van der Waals surface area contributed by atoms with E-state index in [1.807, 2.05) is 32.0 Å². The molecular formula is C17H29IN4O. The number of amides is 1. The van der Waals surface area contributed by atoms with Crippen LogP contribution in [0.15, 0.2) is 35.3 Å². The maximum absolute atomic E-state index is 11.6. The number of nitrogens with zero attached hydrogens (tertiary/aromatic N) is 1. The van der Waals surface area contributed by atoms with Gasteiger partial charge in [-0.2, -0.15) is 0 Å². The van der Waals surface area contributed by atoms with Gasteiger partial charge in [-0.15, -0.1) is 24.0 Å². The first-order chi connectivity index (χ1) is 10.7. The van der Waals surface area contributed by atoms with Crippen LogP contribution in [-0.4, -0.2) is 31.5 Å². The van der Waals surface area contributed by atoms with Gasteiger partial charge in [-0.1, -0.05) is 37.3 Å². The number of halogens is 1. The Kier molecular flexibility index (Phi) is 12.4. The molecule has 0 aliphatic heterocycles. The third-order valence-electron chi connectivity index (χ3n) is 3.18. The van der Waals surface area contributed by atoms with E-state index in [1.54, 1.807) is 0 Å². The standard InChI is InChI=1S/C17H28N4O.HI/c1-4-12-19-16(22)11-13-20-17(18-5-2)21-14(3)15-9-7-6-8-10-15;/h6-10,14H,4-5,11-13H2,1-3H3,(H,19,22)(H2,18,20,21);1H. The van der Waals surface area contributed by atoms with E-state index in [9.17, 15) is 4.79 Å². The second-order valence-corrected chi connectivity index (χ2v) is 5.14. The van der Waals surface area contributed by atoms with Gasteiger partial charge < -0.3 is 16.0 Å². The molecule has 130 valence electrons. The monoisotopic (exact) mass is 432 g/mol. The fourth-order valence-corrected chi connectivity index (χ4v) is 1.97. The molecule has 0 aromatic heterocycles. The summed E-state index contributed by atoms with van der Waals surface area (Å²) in [5.74, 6) is 0.791. The maximum Gasteiger partial charge on any atom is 0.221 e. The number of aliphatic imine (C=N–C) groups is 1. The first-order valence-electron chi connectivity index (χ1n) is 8.03. The van der Waals surface area contributed by atoms with Crippen LogP contribution in [0.3, 0.4) is 0 Å². The molecule has 23 heavy (non-hydrogen) atoms. The second-order valence-electron chi connectivity index (χ2n) is 5.14. The van der Waals surface area contributed by atoms with Crippen LogP contribution < -0.4 is 16.0 Å². The zero-order chi connectivity index (χ0) is 16.2. The Morgan fingerprint density at radius 2 is 1.87 bits per heavy atom. The van der Waals surface area contributed by atoms with Crippen molar-refractivity contribution in [2.45, 2.75) is 39.7 Å². The van der Waals surface area contributed by atoms with Crippen molar-refractivity contribution in [3.05, 3.63) is 35.9 Å². The number of carbonyl (C=O) groups excluding carboxylic acids is 1. The Bertz CT molecular complexity index is 465. The highest BCUT2D eigenvalue weighted by atomic mass is 127. The molecule has 1 aromatic carbocycles. The quantitative estimate of drug-likeness (QED) is 0.336. The summed E-state index contributed by atoms with van der Waals surface area (Å²) in [6.07, 6.45) is 1.37. The minimum Gasteiger partial charge on any atom is -0.357 e. The zero-order valence-corrected chi connectivity index (χ0v) is 16.6. The number of rotatable bonds is 8. The van der Waals surface area contributed by atoms with Crippen molar-refractivity contribution in [3.63, 3.8) is 0 Å². The summed E-state index contributed by atoms with van der Waals surface area (Å²) in [5, 5.41) is 9.42. The van der Waals surface area contributed by atoms with Crippen molar-refractivity contribution < 1.29 is 4.79 Å².